The monoisotopic (exact) mass is 386 g/mol. The second-order valence-corrected chi connectivity index (χ2v) is 6.88. The number of pyridine rings is 1. The van der Waals surface area contributed by atoms with Gasteiger partial charge in [-0.05, 0) is 30.7 Å². The molecule has 4 rings (SSSR count). The summed E-state index contributed by atoms with van der Waals surface area (Å²) in [5, 5.41) is 19.9. The number of nitrogens with one attached hydrogen (secondary N) is 2. The van der Waals surface area contributed by atoms with E-state index in [4.69, 9.17) is 0 Å². The van der Waals surface area contributed by atoms with Crippen LogP contribution in [0.1, 0.15) is 12.0 Å². The Balaban J connectivity index is 1.52. The van der Waals surface area contributed by atoms with Crippen LogP contribution < -0.4 is 10.6 Å². The summed E-state index contributed by atoms with van der Waals surface area (Å²) >= 11 is 0. The van der Waals surface area contributed by atoms with Gasteiger partial charge < -0.3 is 10.6 Å². The number of hydrogen-bond acceptors (Lipinski definition) is 5. The molecule has 0 fully saturated rings. The van der Waals surface area contributed by atoms with Gasteiger partial charge in [0.25, 0.3) is 5.69 Å². The maximum Gasteiger partial charge on any atom is 0.280 e. The first-order valence-corrected chi connectivity index (χ1v) is 9.68. The van der Waals surface area contributed by atoms with Crippen LogP contribution in [0.15, 0.2) is 72.8 Å². The highest BCUT2D eigenvalue weighted by Crippen LogP contribution is 2.36. The van der Waals surface area contributed by atoms with E-state index >= 15 is 0 Å². The van der Waals surface area contributed by atoms with Crippen LogP contribution in [0.25, 0.3) is 21.8 Å². The molecule has 3 aromatic carbocycles. The molecule has 0 unspecified atom stereocenters. The predicted molar refractivity (Wildman–Crippen MR) is 117 cm³/mol. The van der Waals surface area contributed by atoms with Gasteiger partial charge in [-0.15, -0.1) is 0 Å². The zero-order valence-corrected chi connectivity index (χ0v) is 16.0. The van der Waals surface area contributed by atoms with Gasteiger partial charge >= 0.3 is 0 Å². The van der Waals surface area contributed by atoms with E-state index in [0.717, 1.165) is 36.1 Å². The second-order valence-electron chi connectivity index (χ2n) is 6.88. The van der Waals surface area contributed by atoms with Crippen molar-refractivity contribution in [3.05, 3.63) is 88.5 Å². The Bertz CT molecular complexity index is 1150. The lowest BCUT2D eigenvalue weighted by molar-refractivity contribution is -0.383. The Hall–Kier alpha value is -3.51. The SMILES string of the molecule is O=[N+]([O-])c1cccc2nc3ccccc3c(NCCCNCc3ccccc3)c12. The van der Waals surface area contributed by atoms with E-state index < -0.39 is 0 Å². The van der Waals surface area contributed by atoms with Crippen molar-refractivity contribution in [2.75, 3.05) is 18.4 Å². The lowest BCUT2D eigenvalue weighted by Crippen LogP contribution is -2.17. The molecule has 29 heavy (non-hydrogen) atoms. The Labute approximate surface area is 168 Å². The molecule has 0 atom stereocenters. The molecule has 0 spiro atoms. The average Bonchev–Trinajstić information content (AvgIpc) is 2.75. The number of nitro groups is 1. The second kappa shape index (κ2) is 8.67. The summed E-state index contributed by atoms with van der Waals surface area (Å²) in [5.41, 5.74) is 3.56. The van der Waals surface area contributed by atoms with Crippen molar-refractivity contribution < 1.29 is 4.92 Å². The van der Waals surface area contributed by atoms with Gasteiger partial charge in [0.2, 0.25) is 0 Å². The lowest BCUT2D eigenvalue weighted by atomic mass is 10.1. The van der Waals surface area contributed by atoms with Crippen LogP contribution in [0.5, 0.6) is 0 Å². The van der Waals surface area contributed by atoms with Gasteiger partial charge in [0.1, 0.15) is 5.39 Å². The minimum Gasteiger partial charge on any atom is -0.384 e. The highest BCUT2D eigenvalue weighted by Gasteiger charge is 2.18. The van der Waals surface area contributed by atoms with Gasteiger partial charge in [0, 0.05) is 24.5 Å². The molecule has 2 N–H and O–H groups in total. The zero-order chi connectivity index (χ0) is 20.1. The molecule has 0 aliphatic carbocycles. The number of nitrogens with zero attached hydrogens (tertiary/aromatic N) is 2. The molecule has 0 bridgehead atoms. The summed E-state index contributed by atoms with van der Waals surface area (Å²) in [4.78, 5) is 15.9. The number of benzene rings is 3. The fourth-order valence-corrected chi connectivity index (χ4v) is 3.52. The van der Waals surface area contributed by atoms with Crippen molar-refractivity contribution in [2.24, 2.45) is 0 Å². The van der Waals surface area contributed by atoms with Crippen LogP contribution in [0.4, 0.5) is 11.4 Å². The van der Waals surface area contributed by atoms with Crippen molar-refractivity contribution in [2.45, 2.75) is 13.0 Å². The summed E-state index contributed by atoms with van der Waals surface area (Å²) in [6.45, 7) is 2.38. The summed E-state index contributed by atoms with van der Waals surface area (Å²) < 4.78 is 0. The van der Waals surface area contributed by atoms with Crippen molar-refractivity contribution in [1.82, 2.24) is 10.3 Å². The molecular formula is C23H22N4O2. The number of non-ortho nitro benzene ring substituents is 1. The van der Waals surface area contributed by atoms with Crippen molar-refractivity contribution in [1.29, 1.82) is 0 Å². The van der Waals surface area contributed by atoms with E-state index in [9.17, 15) is 10.1 Å². The summed E-state index contributed by atoms with van der Waals surface area (Å²) in [6.07, 6.45) is 0.894. The van der Waals surface area contributed by atoms with Crippen molar-refractivity contribution in [3.63, 3.8) is 0 Å². The van der Waals surface area contributed by atoms with E-state index in [1.54, 1.807) is 6.07 Å². The molecule has 1 aromatic heterocycles. The number of hydrogen-bond donors (Lipinski definition) is 2. The van der Waals surface area contributed by atoms with E-state index in [2.05, 4.69) is 27.8 Å². The molecule has 0 radical (unpaired) electrons. The Morgan fingerprint density at radius 1 is 0.862 bits per heavy atom. The van der Waals surface area contributed by atoms with E-state index in [1.807, 2.05) is 48.5 Å². The Morgan fingerprint density at radius 3 is 2.45 bits per heavy atom. The van der Waals surface area contributed by atoms with Gasteiger partial charge in [-0.25, -0.2) is 4.98 Å². The minimum absolute atomic E-state index is 0.0745. The topological polar surface area (TPSA) is 80.1 Å². The molecule has 4 aromatic rings. The highest BCUT2D eigenvalue weighted by molar-refractivity contribution is 6.11. The van der Waals surface area contributed by atoms with Gasteiger partial charge in [-0.3, -0.25) is 10.1 Å². The number of para-hydroxylation sites is 1. The maximum absolute atomic E-state index is 11.6. The minimum atomic E-state index is -0.342. The largest absolute Gasteiger partial charge is 0.384 e. The summed E-state index contributed by atoms with van der Waals surface area (Å²) in [6, 6.07) is 23.0. The van der Waals surface area contributed by atoms with E-state index in [0.29, 0.717) is 17.4 Å². The number of anilines is 1. The maximum atomic E-state index is 11.6. The smallest absolute Gasteiger partial charge is 0.280 e. The first-order chi connectivity index (χ1) is 14.2. The molecule has 0 aliphatic heterocycles. The van der Waals surface area contributed by atoms with Crippen LogP contribution in [-0.2, 0) is 6.54 Å². The molecule has 1 heterocycles. The normalized spacial score (nSPS) is 11.0. The number of nitro benzene ring substituents is 1. The molecular weight excluding hydrogens is 364 g/mol. The van der Waals surface area contributed by atoms with Crippen molar-refractivity contribution in [3.8, 4) is 0 Å². The number of aromatic nitrogens is 1. The number of rotatable bonds is 8. The average molecular weight is 386 g/mol. The zero-order valence-electron chi connectivity index (χ0n) is 16.0. The molecule has 0 amide bonds. The quantitative estimate of drug-likeness (QED) is 0.195. The third-order valence-corrected chi connectivity index (χ3v) is 4.89. The first kappa shape index (κ1) is 18.8. The molecule has 6 heteroatoms. The van der Waals surface area contributed by atoms with Crippen LogP contribution in [-0.4, -0.2) is 23.0 Å². The van der Waals surface area contributed by atoms with Crippen LogP contribution in [0.3, 0.4) is 0 Å². The predicted octanol–water partition coefficient (Wildman–Crippen LogP) is 4.89. The fourth-order valence-electron chi connectivity index (χ4n) is 3.52. The van der Waals surface area contributed by atoms with Crippen LogP contribution >= 0.6 is 0 Å². The van der Waals surface area contributed by atoms with Gasteiger partial charge in [-0.1, -0.05) is 54.6 Å². The molecule has 0 aliphatic rings. The molecule has 6 nitrogen and oxygen atoms in total. The first-order valence-electron chi connectivity index (χ1n) is 9.68. The van der Waals surface area contributed by atoms with Gasteiger partial charge in [0.15, 0.2) is 0 Å². The summed E-state index contributed by atoms with van der Waals surface area (Å²) in [7, 11) is 0. The van der Waals surface area contributed by atoms with E-state index in [-0.39, 0.29) is 10.6 Å². The number of fused-ring (bicyclic) bond motifs is 2. The van der Waals surface area contributed by atoms with Crippen LogP contribution in [0, 0.1) is 10.1 Å². The third kappa shape index (κ3) is 4.17. The van der Waals surface area contributed by atoms with Crippen molar-refractivity contribution >= 4 is 33.2 Å². The van der Waals surface area contributed by atoms with Crippen LogP contribution in [0.2, 0.25) is 0 Å². The standard InChI is InChI=1S/C23H22N4O2/c28-27(29)21-13-6-12-20-22(21)23(18-10-4-5-11-19(18)26-20)25-15-7-14-24-16-17-8-2-1-3-9-17/h1-6,8-13,24H,7,14-16H2,(H,25,26). The third-order valence-electron chi connectivity index (χ3n) is 4.89. The molecule has 0 saturated carbocycles. The highest BCUT2D eigenvalue weighted by atomic mass is 16.6. The Kier molecular flexibility index (Phi) is 5.63. The molecule has 146 valence electrons. The van der Waals surface area contributed by atoms with E-state index in [1.165, 1.54) is 11.6 Å². The van der Waals surface area contributed by atoms with Gasteiger partial charge in [0.05, 0.1) is 21.6 Å². The Morgan fingerprint density at radius 2 is 1.62 bits per heavy atom. The lowest BCUT2D eigenvalue weighted by Gasteiger charge is -2.13. The fraction of sp³-hybridized carbons (Fsp3) is 0.174. The molecule has 0 saturated heterocycles. The van der Waals surface area contributed by atoms with Gasteiger partial charge in [-0.2, -0.15) is 0 Å². The summed E-state index contributed by atoms with van der Waals surface area (Å²) in [5.74, 6) is 0.